The minimum Gasteiger partial charge on any atom is -0.449 e. The molecule has 0 bridgehead atoms. The minimum atomic E-state index is -1.14. The number of nitrogens with zero attached hydrogens (tertiary/aromatic N) is 1. The Balaban J connectivity index is 1.70. The molecule has 30 heavy (non-hydrogen) atoms. The first-order valence-electron chi connectivity index (χ1n) is 9.33. The number of nitrogens with one attached hydrogen (secondary N) is 1. The van der Waals surface area contributed by atoms with Crippen LogP contribution >= 0.6 is 0 Å². The van der Waals surface area contributed by atoms with Crippen molar-refractivity contribution in [2.45, 2.75) is 19.4 Å². The molecule has 3 rings (SSSR count). The van der Waals surface area contributed by atoms with E-state index in [1.807, 2.05) is 42.5 Å². The number of nitro benzene ring substituents is 1. The fourth-order valence-corrected chi connectivity index (χ4v) is 2.94. The van der Waals surface area contributed by atoms with Crippen molar-refractivity contribution in [2.75, 3.05) is 5.32 Å². The molecule has 0 saturated carbocycles. The Morgan fingerprint density at radius 3 is 2.33 bits per heavy atom. The van der Waals surface area contributed by atoms with Crippen molar-refractivity contribution in [2.24, 2.45) is 0 Å². The molecular formula is C23H20N2O5. The number of anilines is 1. The van der Waals surface area contributed by atoms with Gasteiger partial charge < -0.3 is 10.1 Å². The quantitative estimate of drug-likeness (QED) is 0.358. The number of para-hydroxylation sites is 2. The van der Waals surface area contributed by atoms with E-state index < -0.39 is 22.9 Å². The summed E-state index contributed by atoms with van der Waals surface area (Å²) in [6.07, 6.45) is -0.592. The van der Waals surface area contributed by atoms with Gasteiger partial charge in [-0.3, -0.25) is 14.9 Å². The van der Waals surface area contributed by atoms with E-state index in [9.17, 15) is 19.7 Å². The normalized spacial score (nSPS) is 11.4. The first kappa shape index (κ1) is 20.7. The predicted octanol–water partition coefficient (Wildman–Crippen LogP) is 4.37. The fourth-order valence-electron chi connectivity index (χ4n) is 2.94. The lowest BCUT2D eigenvalue weighted by Gasteiger charge is -2.15. The van der Waals surface area contributed by atoms with E-state index in [0.717, 1.165) is 11.1 Å². The van der Waals surface area contributed by atoms with Crippen molar-refractivity contribution < 1.29 is 19.2 Å². The van der Waals surface area contributed by atoms with E-state index in [4.69, 9.17) is 4.74 Å². The van der Waals surface area contributed by atoms with E-state index in [-0.39, 0.29) is 11.4 Å². The summed E-state index contributed by atoms with van der Waals surface area (Å²) in [6, 6.07) is 22.5. The van der Waals surface area contributed by atoms with Gasteiger partial charge in [0.05, 0.1) is 10.5 Å². The number of ether oxygens (including phenoxy) is 1. The maximum atomic E-state index is 12.7. The van der Waals surface area contributed by atoms with Gasteiger partial charge in [-0.15, -0.1) is 0 Å². The minimum absolute atomic E-state index is 0.0416. The summed E-state index contributed by atoms with van der Waals surface area (Å²) in [5.74, 6) is -1.29. The molecule has 3 aromatic carbocycles. The lowest BCUT2D eigenvalue weighted by molar-refractivity contribution is -0.383. The summed E-state index contributed by atoms with van der Waals surface area (Å²) < 4.78 is 5.33. The standard InChI is InChI=1S/C23H20N2O5/c1-16(22(26)24-20-13-7-8-14-21(20)25(28)29)30-23(27)19-12-6-5-11-18(19)15-17-9-3-2-4-10-17/h2-14,16H,15H2,1H3,(H,24,26)/t16-/m1/s1. The zero-order chi connectivity index (χ0) is 21.5. The SMILES string of the molecule is C[C@@H](OC(=O)c1ccccc1Cc1ccccc1)C(=O)Nc1ccccc1[N+](=O)[O-]. The Kier molecular flexibility index (Phi) is 6.54. The molecule has 152 valence electrons. The van der Waals surface area contributed by atoms with Gasteiger partial charge in [-0.1, -0.05) is 60.7 Å². The third-order valence-electron chi connectivity index (χ3n) is 4.49. The van der Waals surface area contributed by atoms with Crippen molar-refractivity contribution in [1.82, 2.24) is 0 Å². The van der Waals surface area contributed by atoms with Crippen LogP contribution in [0, 0.1) is 10.1 Å². The number of carbonyl (C=O) groups is 2. The molecule has 0 fully saturated rings. The van der Waals surface area contributed by atoms with Gasteiger partial charge in [0.1, 0.15) is 5.69 Å². The largest absolute Gasteiger partial charge is 0.449 e. The molecular weight excluding hydrogens is 384 g/mol. The summed E-state index contributed by atoms with van der Waals surface area (Å²) in [4.78, 5) is 35.6. The highest BCUT2D eigenvalue weighted by molar-refractivity contribution is 5.99. The number of rotatable bonds is 7. The van der Waals surface area contributed by atoms with Gasteiger partial charge in [-0.05, 0) is 36.6 Å². The Bertz CT molecular complexity index is 1070. The third-order valence-corrected chi connectivity index (χ3v) is 4.49. The third kappa shape index (κ3) is 5.08. The highest BCUT2D eigenvalue weighted by Gasteiger charge is 2.23. The molecule has 0 unspecified atom stereocenters. The monoisotopic (exact) mass is 404 g/mol. The Morgan fingerprint density at radius 2 is 1.60 bits per heavy atom. The first-order valence-corrected chi connectivity index (χ1v) is 9.33. The number of amides is 1. The van der Waals surface area contributed by atoms with E-state index >= 15 is 0 Å². The number of benzene rings is 3. The average Bonchev–Trinajstić information content (AvgIpc) is 2.75. The lowest BCUT2D eigenvalue weighted by atomic mass is 10.00. The Morgan fingerprint density at radius 1 is 0.967 bits per heavy atom. The van der Waals surface area contributed by atoms with Gasteiger partial charge in [0.15, 0.2) is 6.10 Å². The molecule has 3 aromatic rings. The molecule has 0 heterocycles. The first-order chi connectivity index (χ1) is 14.5. The van der Waals surface area contributed by atoms with Crippen LogP contribution in [-0.4, -0.2) is 22.9 Å². The second kappa shape index (κ2) is 9.47. The van der Waals surface area contributed by atoms with Crippen molar-refractivity contribution >= 4 is 23.3 Å². The molecule has 0 aliphatic rings. The van der Waals surface area contributed by atoms with Crippen LogP contribution in [-0.2, 0) is 16.0 Å². The second-order valence-corrected chi connectivity index (χ2v) is 6.63. The molecule has 0 radical (unpaired) electrons. The summed E-state index contributed by atoms with van der Waals surface area (Å²) in [7, 11) is 0. The maximum absolute atomic E-state index is 12.7. The number of hydrogen-bond donors (Lipinski definition) is 1. The van der Waals surface area contributed by atoms with E-state index in [1.54, 1.807) is 18.2 Å². The van der Waals surface area contributed by atoms with E-state index in [2.05, 4.69) is 5.32 Å². The molecule has 0 spiro atoms. The maximum Gasteiger partial charge on any atom is 0.339 e. The summed E-state index contributed by atoms with van der Waals surface area (Å²) in [6.45, 7) is 1.42. The van der Waals surface area contributed by atoms with Gasteiger partial charge in [0.2, 0.25) is 0 Å². The van der Waals surface area contributed by atoms with Crippen LogP contribution in [0.1, 0.15) is 28.4 Å². The van der Waals surface area contributed by atoms with Crippen LogP contribution in [0.5, 0.6) is 0 Å². The van der Waals surface area contributed by atoms with Crippen molar-refractivity contribution in [3.63, 3.8) is 0 Å². The van der Waals surface area contributed by atoms with Crippen LogP contribution < -0.4 is 5.32 Å². The molecule has 1 N–H and O–H groups in total. The van der Waals surface area contributed by atoms with Gasteiger partial charge in [0, 0.05) is 6.07 Å². The van der Waals surface area contributed by atoms with Gasteiger partial charge in [0.25, 0.3) is 11.6 Å². The summed E-state index contributed by atoms with van der Waals surface area (Å²) >= 11 is 0. The van der Waals surface area contributed by atoms with Crippen LogP contribution in [0.3, 0.4) is 0 Å². The Labute approximate surface area is 173 Å². The summed E-state index contributed by atoms with van der Waals surface area (Å²) in [5.41, 5.74) is 1.99. The zero-order valence-electron chi connectivity index (χ0n) is 16.3. The molecule has 0 aromatic heterocycles. The second-order valence-electron chi connectivity index (χ2n) is 6.63. The molecule has 7 nitrogen and oxygen atoms in total. The zero-order valence-corrected chi connectivity index (χ0v) is 16.3. The van der Waals surface area contributed by atoms with Crippen LogP contribution in [0.25, 0.3) is 0 Å². The molecule has 1 atom stereocenters. The number of carbonyl (C=O) groups excluding carboxylic acids is 2. The lowest BCUT2D eigenvalue weighted by Crippen LogP contribution is -2.30. The highest BCUT2D eigenvalue weighted by atomic mass is 16.6. The predicted molar refractivity (Wildman–Crippen MR) is 112 cm³/mol. The molecule has 0 aliphatic heterocycles. The molecule has 0 saturated heterocycles. The Hall–Kier alpha value is -4.00. The number of nitro groups is 1. The topological polar surface area (TPSA) is 98.5 Å². The number of hydrogen-bond acceptors (Lipinski definition) is 5. The van der Waals surface area contributed by atoms with Crippen molar-refractivity contribution in [3.8, 4) is 0 Å². The average molecular weight is 404 g/mol. The molecule has 7 heteroatoms. The van der Waals surface area contributed by atoms with E-state index in [0.29, 0.717) is 12.0 Å². The van der Waals surface area contributed by atoms with E-state index in [1.165, 1.54) is 25.1 Å². The smallest absolute Gasteiger partial charge is 0.339 e. The summed E-state index contributed by atoms with van der Waals surface area (Å²) in [5, 5.41) is 13.5. The van der Waals surface area contributed by atoms with Crippen molar-refractivity contribution in [1.29, 1.82) is 0 Å². The van der Waals surface area contributed by atoms with Crippen LogP contribution in [0.4, 0.5) is 11.4 Å². The number of esters is 1. The molecule has 0 aliphatic carbocycles. The van der Waals surface area contributed by atoms with Gasteiger partial charge >= 0.3 is 5.97 Å². The van der Waals surface area contributed by atoms with Gasteiger partial charge in [-0.2, -0.15) is 0 Å². The highest BCUT2D eigenvalue weighted by Crippen LogP contribution is 2.23. The molecule has 1 amide bonds. The van der Waals surface area contributed by atoms with Crippen molar-refractivity contribution in [3.05, 3.63) is 106 Å². The van der Waals surface area contributed by atoms with Crippen LogP contribution in [0.2, 0.25) is 0 Å². The van der Waals surface area contributed by atoms with Crippen LogP contribution in [0.15, 0.2) is 78.9 Å². The van der Waals surface area contributed by atoms with Gasteiger partial charge in [-0.25, -0.2) is 4.79 Å². The fraction of sp³-hybridized carbons (Fsp3) is 0.130.